The van der Waals surface area contributed by atoms with Gasteiger partial charge in [0, 0.05) is 25.7 Å². The SMILES string of the molecule is CC(=O)Nc1ccc(C2=C(N3CCCC3)C(=O)N(c3cc(C)ccc3C)C2=O)cc1. The number of hydrogen-bond donors (Lipinski definition) is 1. The second-order valence-electron chi connectivity index (χ2n) is 7.91. The molecule has 6 heteroatoms. The molecule has 6 nitrogen and oxygen atoms in total. The first-order valence-electron chi connectivity index (χ1n) is 10.2. The first-order valence-corrected chi connectivity index (χ1v) is 10.2. The van der Waals surface area contributed by atoms with E-state index >= 15 is 0 Å². The minimum Gasteiger partial charge on any atom is -0.366 e. The molecule has 30 heavy (non-hydrogen) atoms. The molecule has 0 bridgehead atoms. The number of anilines is 2. The monoisotopic (exact) mass is 403 g/mol. The predicted molar refractivity (Wildman–Crippen MR) is 117 cm³/mol. The smallest absolute Gasteiger partial charge is 0.282 e. The highest BCUT2D eigenvalue weighted by Crippen LogP contribution is 2.37. The summed E-state index contributed by atoms with van der Waals surface area (Å²) in [6, 6.07) is 12.9. The van der Waals surface area contributed by atoms with E-state index in [1.54, 1.807) is 24.3 Å². The highest BCUT2D eigenvalue weighted by molar-refractivity contribution is 6.45. The van der Waals surface area contributed by atoms with Gasteiger partial charge in [0.05, 0.1) is 11.3 Å². The Morgan fingerprint density at radius 3 is 2.23 bits per heavy atom. The van der Waals surface area contributed by atoms with E-state index in [4.69, 9.17) is 0 Å². The minimum atomic E-state index is -0.303. The van der Waals surface area contributed by atoms with Crippen molar-refractivity contribution in [3.63, 3.8) is 0 Å². The van der Waals surface area contributed by atoms with Crippen molar-refractivity contribution in [3.05, 3.63) is 64.9 Å². The van der Waals surface area contributed by atoms with Crippen molar-refractivity contribution in [1.29, 1.82) is 0 Å². The molecule has 3 amide bonds. The van der Waals surface area contributed by atoms with Crippen LogP contribution < -0.4 is 10.2 Å². The Kier molecular flexibility index (Phi) is 5.16. The van der Waals surface area contributed by atoms with Crippen LogP contribution in [0, 0.1) is 13.8 Å². The van der Waals surface area contributed by atoms with Crippen molar-refractivity contribution >= 4 is 34.7 Å². The molecule has 1 N–H and O–H groups in total. The standard InChI is InChI=1S/C24H25N3O3/c1-15-6-7-16(2)20(14-15)27-23(29)21(22(24(27)30)26-12-4-5-13-26)18-8-10-19(11-9-18)25-17(3)28/h6-11,14H,4-5,12-13H2,1-3H3,(H,25,28). The number of hydrogen-bond acceptors (Lipinski definition) is 4. The van der Waals surface area contributed by atoms with Gasteiger partial charge >= 0.3 is 0 Å². The summed E-state index contributed by atoms with van der Waals surface area (Å²) in [5.74, 6) is -0.729. The van der Waals surface area contributed by atoms with E-state index in [9.17, 15) is 14.4 Å². The van der Waals surface area contributed by atoms with Crippen LogP contribution in [0.15, 0.2) is 48.2 Å². The van der Waals surface area contributed by atoms with E-state index in [0.717, 1.165) is 37.1 Å². The summed E-state index contributed by atoms with van der Waals surface area (Å²) in [6.07, 6.45) is 2.01. The summed E-state index contributed by atoms with van der Waals surface area (Å²) in [4.78, 5) is 41.7. The Morgan fingerprint density at radius 1 is 0.933 bits per heavy atom. The second kappa shape index (κ2) is 7.78. The zero-order chi connectivity index (χ0) is 21.4. The summed E-state index contributed by atoms with van der Waals surface area (Å²) in [7, 11) is 0. The number of carbonyl (C=O) groups is 3. The Hall–Kier alpha value is -3.41. The third-order valence-electron chi connectivity index (χ3n) is 5.58. The average molecular weight is 403 g/mol. The first kappa shape index (κ1) is 19.9. The summed E-state index contributed by atoms with van der Waals surface area (Å²) in [5.41, 5.74) is 4.74. The molecular weight excluding hydrogens is 378 g/mol. The Bertz CT molecular complexity index is 1060. The van der Waals surface area contributed by atoms with Crippen LogP contribution in [0.4, 0.5) is 11.4 Å². The van der Waals surface area contributed by atoms with Crippen LogP contribution in [0.25, 0.3) is 5.57 Å². The van der Waals surface area contributed by atoms with Gasteiger partial charge in [0.2, 0.25) is 5.91 Å². The van der Waals surface area contributed by atoms with Crippen LogP contribution in [0.5, 0.6) is 0 Å². The number of rotatable bonds is 4. The molecule has 2 aliphatic heterocycles. The number of amides is 3. The van der Waals surface area contributed by atoms with Crippen molar-refractivity contribution in [2.45, 2.75) is 33.6 Å². The molecule has 154 valence electrons. The molecule has 4 rings (SSSR count). The largest absolute Gasteiger partial charge is 0.366 e. The zero-order valence-corrected chi connectivity index (χ0v) is 17.5. The van der Waals surface area contributed by atoms with Crippen LogP contribution in [0.3, 0.4) is 0 Å². The molecule has 2 aliphatic rings. The molecule has 2 aromatic carbocycles. The van der Waals surface area contributed by atoms with Gasteiger partial charge in [-0.15, -0.1) is 0 Å². The molecule has 0 radical (unpaired) electrons. The average Bonchev–Trinajstić information content (AvgIpc) is 3.31. The summed E-state index contributed by atoms with van der Waals surface area (Å²) in [6.45, 7) is 6.84. The van der Waals surface area contributed by atoms with E-state index in [1.807, 2.05) is 36.9 Å². The minimum absolute atomic E-state index is 0.159. The summed E-state index contributed by atoms with van der Waals surface area (Å²) < 4.78 is 0. The van der Waals surface area contributed by atoms with Crippen molar-refractivity contribution < 1.29 is 14.4 Å². The lowest BCUT2D eigenvalue weighted by Gasteiger charge is -2.21. The van der Waals surface area contributed by atoms with E-state index < -0.39 is 0 Å². The number of likely N-dealkylation sites (tertiary alicyclic amines) is 1. The number of imide groups is 1. The predicted octanol–water partition coefficient (Wildman–Crippen LogP) is 3.64. The number of aryl methyl sites for hydroxylation is 2. The van der Waals surface area contributed by atoms with Crippen LogP contribution >= 0.6 is 0 Å². The van der Waals surface area contributed by atoms with Crippen LogP contribution in [0.1, 0.15) is 36.5 Å². The Labute approximate surface area is 176 Å². The van der Waals surface area contributed by atoms with E-state index in [0.29, 0.717) is 28.2 Å². The Morgan fingerprint density at radius 2 is 1.60 bits per heavy atom. The lowest BCUT2D eigenvalue weighted by Crippen LogP contribution is -2.35. The van der Waals surface area contributed by atoms with Gasteiger partial charge in [-0.1, -0.05) is 24.3 Å². The van der Waals surface area contributed by atoms with E-state index in [2.05, 4.69) is 5.32 Å². The third-order valence-corrected chi connectivity index (χ3v) is 5.58. The molecule has 1 saturated heterocycles. The van der Waals surface area contributed by atoms with Crippen molar-refractivity contribution in [2.75, 3.05) is 23.3 Å². The molecule has 0 unspecified atom stereocenters. The highest BCUT2D eigenvalue weighted by atomic mass is 16.2. The van der Waals surface area contributed by atoms with Crippen LogP contribution in [0.2, 0.25) is 0 Å². The highest BCUT2D eigenvalue weighted by Gasteiger charge is 2.43. The maximum atomic E-state index is 13.6. The fourth-order valence-electron chi connectivity index (χ4n) is 4.12. The summed E-state index contributed by atoms with van der Waals surface area (Å²) >= 11 is 0. The van der Waals surface area contributed by atoms with Crippen molar-refractivity contribution in [3.8, 4) is 0 Å². The van der Waals surface area contributed by atoms with E-state index in [1.165, 1.54) is 11.8 Å². The zero-order valence-electron chi connectivity index (χ0n) is 17.5. The fraction of sp³-hybridized carbons (Fsp3) is 0.292. The Balaban J connectivity index is 1.80. The van der Waals surface area contributed by atoms with Gasteiger partial charge in [-0.25, -0.2) is 4.90 Å². The van der Waals surface area contributed by atoms with Crippen LogP contribution in [-0.4, -0.2) is 35.7 Å². The molecule has 0 aromatic heterocycles. The molecule has 0 atom stereocenters. The normalized spacial score (nSPS) is 16.6. The topological polar surface area (TPSA) is 69.7 Å². The molecule has 2 aromatic rings. The lowest BCUT2D eigenvalue weighted by molar-refractivity contribution is -0.120. The number of nitrogens with zero attached hydrogens (tertiary/aromatic N) is 2. The number of carbonyl (C=O) groups excluding carboxylic acids is 3. The lowest BCUT2D eigenvalue weighted by atomic mass is 10.0. The molecule has 0 aliphatic carbocycles. The van der Waals surface area contributed by atoms with Crippen LogP contribution in [-0.2, 0) is 14.4 Å². The fourth-order valence-corrected chi connectivity index (χ4v) is 4.12. The van der Waals surface area contributed by atoms with Gasteiger partial charge in [-0.2, -0.15) is 0 Å². The van der Waals surface area contributed by atoms with Gasteiger partial charge < -0.3 is 10.2 Å². The van der Waals surface area contributed by atoms with Gasteiger partial charge in [-0.05, 0) is 61.6 Å². The maximum Gasteiger partial charge on any atom is 0.282 e. The quantitative estimate of drug-likeness (QED) is 0.792. The molecule has 2 heterocycles. The first-order chi connectivity index (χ1) is 14.4. The van der Waals surface area contributed by atoms with Gasteiger partial charge in [-0.3, -0.25) is 14.4 Å². The summed E-state index contributed by atoms with van der Waals surface area (Å²) in [5, 5.41) is 2.73. The van der Waals surface area contributed by atoms with Gasteiger partial charge in [0.25, 0.3) is 11.8 Å². The van der Waals surface area contributed by atoms with Gasteiger partial charge in [0.15, 0.2) is 0 Å². The number of benzene rings is 2. The molecule has 0 saturated carbocycles. The van der Waals surface area contributed by atoms with Gasteiger partial charge in [0.1, 0.15) is 5.70 Å². The van der Waals surface area contributed by atoms with Crippen molar-refractivity contribution in [1.82, 2.24) is 4.90 Å². The number of nitrogens with one attached hydrogen (secondary N) is 1. The molecule has 0 spiro atoms. The molecule has 1 fully saturated rings. The maximum absolute atomic E-state index is 13.6. The molecular formula is C24H25N3O3. The third kappa shape index (κ3) is 3.49. The second-order valence-corrected chi connectivity index (χ2v) is 7.91. The van der Waals surface area contributed by atoms with Crippen molar-refractivity contribution in [2.24, 2.45) is 0 Å². The van der Waals surface area contributed by atoms with E-state index in [-0.39, 0.29) is 17.7 Å².